The minimum absolute atomic E-state index is 0.0487. The summed E-state index contributed by atoms with van der Waals surface area (Å²) in [5.41, 5.74) is 10.0. The lowest BCUT2D eigenvalue weighted by atomic mass is 9.89. The summed E-state index contributed by atoms with van der Waals surface area (Å²) in [5, 5.41) is 9.90. The average molecular weight is 448 g/mol. The highest BCUT2D eigenvalue weighted by molar-refractivity contribution is 9.10. The zero-order valence-electron chi connectivity index (χ0n) is 16.0. The van der Waals surface area contributed by atoms with Gasteiger partial charge in [0.25, 0.3) is 0 Å². The van der Waals surface area contributed by atoms with Crippen LogP contribution in [-0.4, -0.2) is 18.7 Å². The van der Waals surface area contributed by atoms with Gasteiger partial charge in [-0.3, -0.25) is 0 Å². The van der Waals surface area contributed by atoms with Crippen LogP contribution in [0.4, 0.5) is 5.82 Å². The van der Waals surface area contributed by atoms with Crippen LogP contribution in [0.25, 0.3) is 22.3 Å². The molecular formula is C23H18BrN3O2. The van der Waals surface area contributed by atoms with Gasteiger partial charge < -0.3 is 15.2 Å². The third-order valence-corrected chi connectivity index (χ3v) is 4.85. The topological polar surface area (TPSA) is 81.2 Å². The maximum atomic E-state index is 9.90. The van der Waals surface area contributed by atoms with E-state index in [1.54, 1.807) is 13.2 Å². The minimum atomic E-state index is 0.0487. The molecule has 0 aliphatic heterocycles. The molecule has 29 heavy (non-hydrogen) atoms. The normalized spacial score (nSPS) is 10.1. The number of pyridine rings is 1. The fourth-order valence-electron chi connectivity index (χ4n) is 3.24. The molecule has 0 fully saturated rings. The van der Waals surface area contributed by atoms with Gasteiger partial charge in [0.15, 0.2) is 11.5 Å². The predicted octanol–water partition coefficient (Wildman–Crippen LogP) is 4.96. The molecule has 0 aliphatic rings. The third kappa shape index (κ3) is 3.89. The Balaban J connectivity index is 2.48. The van der Waals surface area contributed by atoms with Crippen molar-refractivity contribution in [1.29, 1.82) is 5.26 Å². The molecule has 6 heteroatoms. The average Bonchev–Trinajstić information content (AvgIpc) is 2.72. The number of benzene rings is 2. The second-order valence-electron chi connectivity index (χ2n) is 6.16. The fraction of sp³-hybridized carbons (Fsp3) is 0.130. The van der Waals surface area contributed by atoms with Crippen LogP contribution in [0.1, 0.15) is 11.3 Å². The Hall–Kier alpha value is -3.48. The van der Waals surface area contributed by atoms with Crippen LogP contribution >= 0.6 is 15.9 Å². The van der Waals surface area contributed by atoms with Gasteiger partial charge in [-0.25, -0.2) is 4.98 Å². The zero-order valence-corrected chi connectivity index (χ0v) is 17.6. The Morgan fingerprint density at radius 1 is 1.21 bits per heavy atom. The number of aromatic nitrogens is 1. The summed E-state index contributed by atoms with van der Waals surface area (Å²) in [6.45, 7) is 1.91. The van der Waals surface area contributed by atoms with Gasteiger partial charge in [-0.15, -0.1) is 6.42 Å². The quantitative estimate of drug-likeness (QED) is 0.558. The van der Waals surface area contributed by atoms with E-state index in [-0.39, 0.29) is 18.0 Å². The van der Waals surface area contributed by atoms with E-state index < -0.39 is 0 Å². The first-order chi connectivity index (χ1) is 14.0. The standard InChI is InChI=1S/C23H18BrN3O2/c1-4-10-29-22-17(11-16(24)12-19(22)28-3)21-18(13-25)23(26)27-14(2)20(21)15-8-6-5-7-9-15/h1,5-9,11-12H,10H2,2-3H3,(H2,26,27). The number of nitriles is 1. The second-order valence-corrected chi connectivity index (χ2v) is 7.08. The van der Waals surface area contributed by atoms with E-state index in [2.05, 4.69) is 32.9 Å². The molecule has 0 saturated carbocycles. The molecule has 2 aromatic carbocycles. The third-order valence-electron chi connectivity index (χ3n) is 4.39. The molecule has 3 rings (SSSR count). The summed E-state index contributed by atoms with van der Waals surface area (Å²) in [4.78, 5) is 4.40. The van der Waals surface area contributed by atoms with Gasteiger partial charge in [0.2, 0.25) is 0 Å². The van der Waals surface area contributed by atoms with Crippen LogP contribution in [0, 0.1) is 30.6 Å². The predicted molar refractivity (Wildman–Crippen MR) is 118 cm³/mol. The van der Waals surface area contributed by atoms with Gasteiger partial charge in [-0.05, 0) is 24.6 Å². The summed E-state index contributed by atoms with van der Waals surface area (Å²) >= 11 is 3.51. The van der Waals surface area contributed by atoms with Gasteiger partial charge in [-0.1, -0.05) is 52.2 Å². The highest BCUT2D eigenvalue weighted by Crippen LogP contribution is 2.47. The van der Waals surface area contributed by atoms with Crippen LogP contribution in [0.3, 0.4) is 0 Å². The number of hydrogen-bond donors (Lipinski definition) is 1. The molecule has 144 valence electrons. The van der Waals surface area contributed by atoms with E-state index in [9.17, 15) is 5.26 Å². The first-order valence-electron chi connectivity index (χ1n) is 8.71. The van der Waals surface area contributed by atoms with E-state index in [0.29, 0.717) is 28.3 Å². The molecule has 5 nitrogen and oxygen atoms in total. The number of anilines is 1. The lowest BCUT2D eigenvalue weighted by Crippen LogP contribution is -2.05. The van der Waals surface area contributed by atoms with Crippen LogP contribution in [0.2, 0.25) is 0 Å². The van der Waals surface area contributed by atoms with Crippen molar-refractivity contribution in [2.24, 2.45) is 0 Å². The van der Waals surface area contributed by atoms with Crippen LogP contribution in [0.15, 0.2) is 46.9 Å². The minimum Gasteiger partial charge on any atom is -0.493 e. The van der Waals surface area contributed by atoms with Gasteiger partial charge in [-0.2, -0.15) is 5.26 Å². The number of hydrogen-bond acceptors (Lipinski definition) is 5. The summed E-state index contributed by atoms with van der Waals surface area (Å²) in [6, 6.07) is 15.5. The fourth-order valence-corrected chi connectivity index (χ4v) is 3.67. The van der Waals surface area contributed by atoms with Crippen molar-refractivity contribution in [3.05, 3.63) is 58.2 Å². The highest BCUT2D eigenvalue weighted by atomic mass is 79.9. The molecule has 0 spiro atoms. The lowest BCUT2D eigenvalue weighted by Gasteiger charge is -2.20. The number of aryl methyl sites for hydroxylation is 1. The lowest BCUT2D eigenvalue weighted by molar-refractivity contribution is 0.332. The van der Waals surface area contributed by atoms with Crippen LogP contribution < -0.4 is 15.2 Å². The molecule has 0 amide bonds. The van der Waals surface area contributed by atoms with Gasteiger partial charge in [0.1, 0.15) is 24.1 Å². The SMILES string of the molecule is C#CCOc1c(OC)cc(Br)cc1-c1c(C#N)c(N)nc(C)c1-c1ccccc1. The maximum Gasteiger partial charge on any atom is 0.170 e. The number of nitrogens with two attached hydrogens (primary N) is 1. The summed E-state index contributed by atoms with van der Waals surface area (Å²) in [6.07, 6.45) is 5.40. The Morgan fingerprint density at radius 2 is 1.93 bits per heavy atom. The van der Waals surface area contributed by atoms with Crippen molar-refractivity contribution >= 4 is 21.7 Å². The Morgan fingerprint density at radius 3 is 2.55 bits per heavy atom. The number of halogens is 1. The monoisotopic (exact) mass is 447 g/mol. The number of methoxy groups -OCH3 is 1. The second kappa shape index (κ2) is 8.68. The largest absolute Gasteiger partial charge is 0.493 e. The van der Waals surface area contributed by atoms with E-state index in [1.165, 1.54) is 0 Å². The number of rotatable bonds is 5. The van der Waals surface area contributed by atoms with Gasteiger partial charge >= 0.3 is 0 Å². The van der Waals surface area contributed by atoms with Crippen molar-refractivity contribution < 1.29 is 9.47 Å². The first kappa shape index (κ1) is 20.3. The van der Waals surface area contributed by atoms with Crippen molar-refractivity contribution in [3.63, 3.8) is 0 Å². The van der Waals surface area contributed by atoms with Crippen molar-refractivity contribution in [1.82, 2.24) is 4.98 Å². The van der Waals surface area contributed by atoms with Crippen LogP contribution in [0.5, 0.6) is 11.5 Å². The molecule has 0 atom stereocenters. The van der Waals surface area contributed by atoms with E-state index in [0.717, 1.165) is 15.6 Å². The molecule has 1 heterocycles. The molecule has 2 N–H and O–H groups in total. The number of nitrogens with zero attached hydrogens (tertiary/aromatic N) is 2. The molecule has 0 radical (unpaired) electrons. The molecule has 0 bridgehead atoms. The molecule has 0 unspecified atom stereocenters. The molecule has 3 aromatic rings. The van der Waals surface area contributed by atoms with Gasteiger partial charge in [0, 0.05) is 26.9 Å². The summed E-state index contributed by atoms with van der Waals surface area (Å²) < 4.78 is 12.1. The Kier molecular flexibility index (Phi) is 6.07. The van der Waals surface area contributed by atoms with E-state index >= 15 is 0 Å². The van der Waals surface area contributed by atoms with Crippen LogP contribution in [-0.2, 0) is 0 Å². The van der Waals surface area contributed by atoms with Gasteiger partial charge in [0.05, 0.1) is 7.11 Å². The number of ether oxygens (including phenoxy) is 2. The zero-order chi connectivity index (χ0) is 21.0. The van der Waals surface area contributed by atoms with Crippen molar-refractivity contribution in [2.45, 2.75) is 6.92 Å². The smallest absolute Gasteiger partial charge is 0.170 e. The van der Waals surface area contributed by atoms with Crippen molar-refractivity contribution in [3.8, 4) is 52.2 Å². The number of nitrogen functional groups attached to an aromatic ring is 1. The van der Waals surface area contributed by atoms with Crippen molar-refractivity contribution in [2.75, 3.05) is 19.5 Å². The number of terminal acetylenes is 1. The maximum absolute atomic E-state index is 9.90. The Bertz CT molecular complexity index is 1150. The summed E-state index contributed by atoms with van der Waals surface area (Å²) in [5.74, 6) is 3.55. The molecule has 0 saturated heterocycles. The molecule has 1 aromatic heterocycles. The first-order valence-corrected chi connectivity index (χ1v) is 9.50. The highest BCUT2D eigenvalue weighted by Gasteiger charge is 2.24. The molecular weight excluding hydrogens is 430 g/mol. The van der Waals surface area contributed by atoms with E-state index in [4.69, 9.17) is 21.6 Å². The summed E-state index contributed by atoms with van der Waals surface area (Å²) in [7, 11) is 1.55. The Labute approximate surface area is 178 Å². The molecule has 0 aliphatic carbocycles. The van der Waals surface area contributed by atoms with E-state index in [1.807, 2.05) is 43.3 Å².